The molecule has 10 rings (SSSR count). The highest BCUT2D eigenvalue weighted by molar-refractivity contribution is 6.19. The number of hydrogen-bond acceptors (Lipinski definition) is 1. The largest absolute Gasteiger partial charge is 0.292 e. The highest BCUT2D eigenvalue weighted by Gasteiger charge is 2.24. The van der Waals surface area contributed by atoms with Gasteiger partial charge in [0.2, 0.25) is 0 Å². The quantitative estimate of drug-likeness (QED) is 0.160. The van der Waals surface area contributed by atoms with Gasteiger partial charge in [-0.2, -0.15) is 0 Å². The number of fused-ring (bicyclic) bond motifs is 3. The molecule has 0 saturated carbocycles. The maximum absolute atomic E-state index is 5.39. The number of hydrogen-bond donors (Lipinski definition) is 0. The summed E-state index contributed by atoms with van der Waals surface area (Å²) in [5.41, 5.74) is 11.4. The molecule has 2 nitrogen and oxygen atoms in total. The van der Waals surface area contributed by atoms with E-state index in [2.05, 4.69) is 211 Å². The van der Waals surface area contributed by atoms with Gasteiger partial charge in [-0.25, -0.2) is 4.98 Å². The smallest absolute Gasteiger partial charge is 0.145 e. The standard InChI is InChI=1S/C51H36N2/c1-4-17-37(18-5-1)49-50(38-19-6-2-7-20-38)53(51(52-49)39-21-8-3-9-22-39)42-32-30-36(31-33-42)47-43-24-12-14-26-45(43)48(46-27-15-13-25-44(46)47)41-29-28-35-16-10-11-23-40(35)34-41/h1-35,40H. The summed E-state index contributed by atoms with van der Waals surface area (Å²) in [5.74, 6) is 1.70. The van der Waals surface area contributed by atoms with Crippen molar-refractivity contribution in [1.29, 1.82) is 0 Å². The van der Waals surface area contributed by atoms with Crippen LogP contribution >= 0.6 is 0 Å². The van der Waals surface area contributed by atoms with Gasteiger partial charge < -0.3 is 0 Å². The predicted octanol–water partition coefficient (Wildman–Crippen LogP) is 13.2. The zero-order valence-electron chi connectivity index (χ0n) is 29.2. The van der Waals surface area contributed by atoms with Crippen molar-refractivity contribution in [2.75, 3.05) is 0 Å². The zero-order chi connectivity index (χ0) is 35.1. The highest BCUT2D eigenvalue weighted by Crippen LogP contribution is 2.45. The molecule has 2 unspecified atom stereocenters. The molecule has 0 bridgehead atoms. The lowest BCUT2D eigenvalue weighted by Gasteiger charge is -2.25. The van der Waals surface area contributed by atoms with Gasteiger partial charge in [-0.15, -0.1) is 0 Å². The number of aromatic nitrogens is 2. The van der Waals surface area contributed by atoms with E-state index in [4.69, 9.17) is 4.98 Å². The summed E-state index contributed by atoms with van der Waals surface area (Å²) in [4.78, 5) is 5.39. The summed E-state index contributed by atoms with van der Waals surface area (Å²) >= 11 is 0. The first-order chi connectivity index (χ1) is 26.3. The molecule has 2 aliphatic rings. The van der Waals surface area contributed by atoms with Gasteiger partial charge in [0.1, 0.15) is 5.82 Å². The number of nitrogens with zero attached hydrogens (tertiary/aromatic N) is 2. The lowest BCUT2D eigenvalue weighted by atomic mass is 9.79. The van der Waals surface area contributed by atoms with E-state index in [-0.39, 0.29) is 0 Å². The van der Waals surface area contributed by atoms with Crippen LogP contribution in [0, 0.1) is 11.8 Å². The molecule has 0 amide bonds. The summed E-state index contributed by atoms with van der Waals surface area (Å²) in [5, 5.41) is 5.06. The van der Waals surface area contributed by atoms with Crippen molar-refractivity contribution in [3.8, 4) is 50.7 Å². The third-order valence-electron chi connectivity index (χ3n) is 10.7. The van der Waals surface area contributed by atoms with Crippen LogP contribution in [0.25, 0.3) is 77.8 Å². The molecule has 0 aliphatic heterocycles. The molecule has 0 N–H and O–H groups in total. The van der Waals surface area contributed by atoms with E-state index < -0.39 is 0 Å². The summed E-state index contributed by atoms with van der Waals surface area (Å²) in [6, 6.07) is 58.7. The lowest BCUT2D eigenvalue weighted by Crippen LogP contribution is -2.11. The Morgan fingerprint density at radius 2 is 0.925 bits per heavy atom. The average Bonchev–Trinajstić information content (AvgIpc) is 3.64. The van der Waals surface area contributed by atoms with Gasteiger partial charge >= 0.3 is 0 Å². The number of benzene rings is 7. The molecule has 7 aromatic carbocycles. The molecule has 2 heteroatoms. The van der Waals surface area contributed by atoms with E-state index in [1.165, 1.54) is 43.8 Å². The SMILES string of the molecule is C1=CC2C=CC(c3c4ccccc4c(-c4ccc(-n5c(-c6ccccc6)nc(-c6ccccc6)c5-c5ccccc5)cc4)c4ccccc34)=CC2C=C1. The predicted molar refractivity (Wildman–Crippen MR) is 223 cm³/mol. The first kappa shape index (κ1) is 31.0. The molecule has 0 radical (unpaired) electrons. The summed E-state index contributed by atoms with van der Waals surface area (Å²) in [6.45, 7) is 0. The monoisotopic (exact) mass is 676 g/mol. The van der Waals surface area contributed by atoms with Gasteiger partial charge in [-0.05, 0) is 55.9 Å². The van der Waals surface area contributed by atoms with Crippen molar-refractivity contribution in [3.05, 3.63) is 212 Å². The van der Waals surface area contributed by atoms with Crippen molar-refractivity contribution in [2.24, 2.45) is 11.8 Å². The van der Waals surface area contributed by atoms with Crippen LogP contribution in [0.1, 0.15) is 5.56 Å². The number of imidazole rings is 1. The molecule has 53 heavy (non-hydrogen) atoms. The Morgan fingerprint density at radius 1 is 0.415 bits per heavy atom. The second-order valence-corrected chi connectivity index (χ2v) is 13.9. The van der Waals surface area contributed by atoms with Crippen molar-refractivity contribution < 1.29 is 0 Å². The Hall–Kier alpha value is -6.77. The molecule has 0 saturated heterocycles. The first-order valence-electron chi connectivity index (χ1n) is 18.4. The Bertz CT molecular complexity index is 2690. The third-order valence-corrected chi connectivity index (χ3v) is 10.7. The summed E-state index contributed by atoms with van der Waals surface area (Å²) < 4.78 is 2.33. The lowest BCUT2D eigenvalue weighted by molar-refractivity contribution is 0.663. The average molecular weight is 677 g/mol. The Morgan fingerprint density at radius 3 is 1.53 bits per heavy atom. The topological polar surface area (TPSA) is 17.8 Å². The van der Waals surface area contributed by atoms with Gasteiger partial charge in [-0.3, -0.25) is 4.57 Å². The molecule has 250 valence electrons. The fourth-order valence-electron chi connectivity index (χ4n) is 8.28. The Labute approximate surface area is 310 Å². The van der Waals surface area contributed by atoms with Crippen LogP contribution in [0.15, 0.2) is 206 Å². The maximum Gasteiger partial charge on any atom is 0.145 e. The van der Waals surface area contributed by atoms with Crippen LogP contribution in [0.2, 0.25) is 0 Å². The minimum atomic E-state index is 0.372. The minimum absolute atomic E-state index is 0.372. The van der Waals surface area contributed by atoms with Crippen molar-refractivity contribution in [1.82, 2.24) is 9.55 Å². The van der Waals surface area contributed by atoms with Gasteiger partial charge in [0, 0.05) is 34.2 Å². The van der Waals surface area contributed by atoms with Crippen LogP contribution in [0.5, 0.6) is 0 Å². The third kappa shape index (κ3) is 5.39. The molecule has 0 spiro atoms. The van der Waals surface area contributed by atoms with Crippen LogP contribution < -0.4 is 0 Å². The first-order valence-corrected chi connectivity index (χ1v) is 18.4. The maximum atomic E-state index is 5.39. The van der Waals surface area contributed by atoms with Gasteiger partial charge in [0.05, 0.1) is 11.4 Å². The minimum Gasteiger partial charge on any atom is -0.292 e. The van der Waals surface area contributed by atoms with Crippen LogP contribution in [0.3, 0.4) is 0 Å². The normalized spacial score (nSPS) is 16.2. The molecular formula is C51H36N2. The van der Waals surface area contributed by atoms with Crippen molar-refractivity contribution in [3.63, 3.8) is 0 Å². The fraction of sp³-hybridized carbons (Fsp3) is 0.0392. The molecule has 2 aliphatic carbocycles. The molecule has 2 atom stereocenters. The number of rotatable bonds is 6. The molecule has 0 fully saturated rings. The van der Waals surface area contributed by atoms with Gasteiger partial charge in [-0.1, -0.05) is 194 Å². The van der Waals surface area contributed by atoms with E-state index in [0.717, 1.165) is 39.6 Å². The fourth-order valence-corrected chi connectivity index (χ4v) is 8.28. The molecule has 1 heterocycles. The van der Waals surface area contributed by atoms with Gasteiger partial charge in [0.25, 0.3) is 0 Å². The van der Waals surface area contributed by atoms with Crippen molar-refractivity contribution in [2.45, 2.75) is 0 Å². The van der Waals surface area contributed by atoms with Crippen molar-refractivity contribution >= 4 is 27.1 Å². The van der Waals surface area contributed by atoms with E-state index in [1.807, 2.05) is 0 Å². The van der Waals surface area contributed by atoms with E-state index in [9.17, 15) is 0 Å². The molecule has 1 aromatic heterocycles. The van der Waals surface area contributed by atoms with Crippen LogP contribution in [-0.4, -0.2) is 9.55 Å². The Kier molecular flexibility index (Phi) is 7.66. The second kappa shape index (κ2) is 13.1. The van der Waals surface area contributed by atoms with Crippen LogP contribution in [0.4, 0.5) is 0 Å². The van der Waals surface area contributed by atoms with E-state index in [0.29, 0.717) is 11.8 Å². The summed E-state index contributed by atoms with van der Waals surface area (Å²) in [7, 11) is 0. The highest BCUT2D eigenvalue weighted by atomic mass is 15.1. The zero-order valence-corrected chi connectivity index (χ0v) is 29.2. The number of allylic oxidation sites excluding steroid dienone is 8. The van der Waals surface area contributed by atoms with E-state index >= 15 is 0 Å². The summed E-state index contributed by atoms with van der Waals surface area (Å²) in [6.07, 6.45) is 16.1. The van der Waals surface area contributed by atoms with Crippen LogP contribution in [-0.2, 0) is 0 Å². The second-order valence-electron chi connectivity index (χ2n) is 13.9. The van der Waals surface area contributed by atoms with Gasteiger partial charge in [0.15, 0.2) is 0 Å². The molecular weight excluding hydrogens is 641 g/mol. The van der Waals surface area contributed by atoms with E-state index in [1.54, 1.807) is 0 Å². The Balaban J connectivity index is 1.17. The molecule has 8 aromatic rings.